The highest BCUT2D eigenvalue weighted by Crippen LogP contribution is 2.22. The van der Waals surface area contributed by atoms with Gasteiger partial charge in [-0.2, -0.15) is 4.98 Å². The lowest BCUT2D eigenvalue weighted by Crippen LogP contribution is -2.20. The van der Waals surface area contributed by atoms with Crippen LogP contribution in [0.4, 0.5) is 6.01 Å². The molecule has 0 radical (unpaired) electrons. The molecule has 0 unspecified atom stereocenters. The number of amides is 1. The average molecular weight is 283 g/mol. The van der Waals surface area contributed by atoms with Gasteiger partial charge >= 0.3 is 6.01 Å². The molecule has 0 aliphatic rings. The van der Waals surface area contributed by atoms with Gasteiger partial charge in [-0.1, -0.05) is 22.0 Å². The highest BCUT2D eigenvalue weighted by atomic mass is 79.9. The lowest BCUT2D eigenvalue weighted by molar-refractivity contribution is -0.107. The van der Waals surface area contributed by atoms with Gasteiger partial charge in [0.25, 0.3) is 0 Å². The number of carbonyl (C=O) groups excluding carboxylic acids is 1. The molecule has 0 fully saturated rings. The Labute approximate surface area is 101 Å². The Balaban J connectivity index is 2.46. The monoisotopic (exact) mass is 282 g/mol. The van der Waals surface area contributed by atoms with E-state index >= 15 is 0 Å². The van der Waals surface area contributed by atoms with Crippen LogP contribution in [0, 0.1) is 0 Å². The zero-order valence-corrected chi connectivity index (χ0v) is 10.4. The predicted octanol–water partition coefficient (Wildman–Crippen LogP) is 2.71. The van der Waals surface area contributed by atoms with Crippen LogP contribution in [0.25, 0.3) is 11.1 Å². The first-order valence-corrected chi connectivity index (χ1v) is 6.08. The van der Waals surface area contributed by atoms with Crippen LogP contribution in [-0.2, 0) is 10.1 Å². The summed E-state index contributed by atoms with van der Waals surface area (Å²) >= 11 is 3.38. The molecule has 1 aromatic carbocycles. The Morgan fingerprint density at radius 2 is 2.38 bits per heavy atom. The van der Waals surface area contributed by atoms with Crippen LogP contribution in [0.15, 0.2) is 22.6 Å². The first-order chi connectivity index (χ1) is 7.78. The molecule has 1 heterocycles. The fourth-order valence-corrected chi connectivity index (χ4v) is 1.77. The van der Waals surface area contributed by atoms with E-state index in [-0.39, 0.29) is 0 Å². The van der Waals surface area contributed by atoms with Crippen LogP contribution in [0.5, 0.6) is 0 Å². The first-order valence-electron chi connectivity index (χ1n) is 4.96. The van der Waals surface area contributed by atoms with Gasteiger partial charge < -0.3 is 4.42 Å². The molecule has 0 aliphatic carbocycles. The van der Waals surface area contributed by atoms with Crippen molar-refractivity contribution in [3.05, 3.63) is 23.8 Å². The van der Waals surface area contributed by atoms with E-state index in [0.717, 1.165) is 22.8 Å². The van der Waals surface area contributed by atoms with Crippen molar-refractivity contribution in [1.29, 1.82) is 0 Å². The molecule has 16 heavy (non-hydrogen) atoms. The van der Waals surface area contributed by atoms with Crippen molar-refractivity contribution in [2.75, 3.05) is 11.4 Å². The highest BCUT2D eigenvalue weighted by molar-refractivity contribution is 9.08. The minimum absolute atomic E-state index is 0.347. The van der Waals surface area contributed by atoms with E-state index in [9.17, 15) is 4.79 Å². The van der Waals surface area contributed by atoms with E-state index in [0.29, 0.717) is 18.1 Å². The lowest BCUT2D eigenvalue weighted by Gasteiger charge is -2.07. The minimum atomic E-state index is 0.347. The van der Waals surface area contributed by atoms with E-state index in [1.165, 1.54) is 4.90 Å². The normalized spacial score (nSPS) is 10.6. The lowest BCUT2D eigenvalue weighted by atomic mass is 10.2. The largest absolute Gasteiger partial charge is 0.423 e. The maximum Gasteiger partial charge on any atom is 0.305 e. The molecule has 2 rings (SSSR count). The van der Waals surface area contributed by atoms with Gasteiger partial charge in [0.1, 0.15) is 5.52 Å². The second-order valence-corrected chi connectivity index (χ2v) is 3.88. The molecule has 4 nitrogen and oxygen atoms in total. The van der Waals surface area contributed by atoms with Gasteiger partial charge in [0.2, 0.25) is 6.41 Å². The highest BCUT2D eigenvalue weighted by Gasteiger charge is 2.11. The Kier molecular flexibility index (Phi) is 3.24. The van der Waals surface area contributed by atoms with E-state index in [4.69, 9.17) is 4.42 Å². The molecule has 1 amide bonds. The second kappa shape index (κ2) is 4.65. The molecule has 84 valence electrons. The summed E-state index contributed by atoms with van der Waals surface area (Å²) < 4.78 is 5.48. The number of aromatic nitrogens is 1. The molecule has 0 aliphatic heterocycles. The maximum absolute atomic E-state index is 10.8. The number of oxazole rings is 1. The topological polar surface area (TPSA) is 46.3 Å². The summed E-state index contributed by atoms with van der Waals surface area (Å²) in [6.07, 6.45) is 0.718. The summed E-state index contributed by atoms with van der Waals surface area (Å²) in [5.41, 5.74) is 2.59. The standard InChI is InChI=1S/C11H11BrN2O2/c1-2-14(7-15)11-13-9-5-8(6-12)3-4-10(9)16-11/h3-5,7H,2,6H2,1H3. The summed E-state index contributed by atoms with van der Waals surface area (Å²) in [5.74, 6) is 0. The minimum Gasteiger partial charge on any atom is -0.423 e. The Morgan fingerprint density at radius 1 is 1.56 bits per heavy atom. The molecule has 5 heteroatoms. The molecule has 0 bridgehead atoms. The van der Waals surface area contributed by atoms with Crippen molar-refractivity contribution in [3.63, 3.8) is 0 Å². The van der Waals surface area contributed by atoms with Gasteiger partial charge in [0, 0.05) is 11.9 Å². The average Bonchev–Trinajstić information content (AvgIpc) is 2.72. The van der Waals surface area contributed by atoms with Crippen molar-refractivity contribution in [2.24, 2.45) is 0 Å². The molecular weight excluding hydrogens is 272 g/mol. The molecule has 0 atom stereocenters. The second-order valence-electron chi connectivity index (χ2n) is 3.32. The van der Waals surface area contributed by atoms with Gasteiger partial charge in [-0.05, 0) is 24.6 Å². The van der Waals surface area contributed by atoms with Gasteiger partial charge in [-0.25, -0.2) is 0 Å². The summed E-state index contributed by atoms with van der Waals surface area (Å²) in [6, 6.07) is 6.11. The van der Waals surface area contributed by atoms with Crippen molar-refractivity contribution in [1.82, 2.24) is 4.98 Å². The summed E-state index contributed by atoms with van der Waals surface area (Å²) in [4.78, 5) is 16.4. The van der Waals surface area contributed by atoms with Crippen LogP contribution in [0.3, 0.4) is 0 Å². The third-order valence-corrected chi connectivity index (χ3v) is 2.96. The smallest absolute Gasteiger partial charge is 0.305 e. The number of alkyl halides is 1. The molecule has 0 saturated carbocycles. The third-order valence-electron chi connectivity index (χ3n) is 2.31. The molecule has 2 aromatic rings. The van der Waals surface area contributed by atoms with Crippen LogP contribution < -0.4 is 4.90 Å². The predicted molar refractivity (Wildman–Crippen MR) is 65.7 cm³/mol. The van der Waals surface area contributed by atoms with E-state index in [1.807, 2.05) is 25.1 Å². The van der Waals surface area contributed by atoms with Crippen molar-refractivity contribution >= 4 is 39.5 Å². The Bertz CT molecular complexity index is 510. The van der Waals surface area contributed by atoms with Crippen LogP contribution in [0.2, 0.25) is 0 Å². The van der Waals surface area contributed by atoms with Gasteiger partial charge in [-0.3, -0.25) is 9.69 Å². The van der Waals surface area contributed by atoms with Crippen molar-refractivity contribution in [3.8, 4) is 0 Å². The number of rotatable bonds is 4. The number of carbonyl (C=O) groups is 1. The Morgan fingerprint density at radius 3 is 3.00 bits per heavy atom. The fraction of sp³-hybridized carbons (Fsp3) is 0.273. The number of halogens is 1. The maximum atomic E-state index is 10.8. The number of benzene rings is 1. The first kappa shape index (κ1) is 11.1. The number of hydrogen-bond acceptors (Lipinski definition) is 3. The summed E-state index contributed by atoms with van der Waals surface area (Å²) in [7, 11) is 0. The number of anilines is 1. The molecule has 0 N–H and O–H groups in total. The van der Waals surface area contributed by atoms with Crippen LogP contribution in [-0.4, -0.2) is 17.9 Å². The summed E-state index contributed by atoms with van der Waals surface area (Å²) in [5, 5.41) is 0.774. The van der Waals surface area contributed by atoms with Gasteiger partial charge in [0.15, 0.2) is 5.58 Å². The zero-order valence-electron chi connectivity index (χ0n) is 8.81. The van der Waals surface area contributed by atoms with Gasteiger partial charge in [-0.15, -0.1) is 0 Å². The molecule has 0 saturated heterocycles. The fourth-order valence-electron chi connectivity index (χ4n) is 1.42. The number of hydrogen-bond donors (Lipinski definition) is 0. The third kappa shape index (κ3) is 1.95. The number of nitrogens with zero attached hydrogens (tertiary/aromatic N) is 2. The molecule has 0 spiro atoms. The van der Waals surface area contributed by atoms with Gasteiger partial charge in [0.05, 0.1) is 0 Å². The van der Waals surface area contributed by atoms with Crippen molar-refractivity contribution < 1.29 is 9.21 Å². The Hall–Kier alpha value is -1.36. The summed E-state index contributed by atoms with van der Waals surface area (Å²) in [6.45, 7) is 2.41. The van der Waals surface area contributed by atoms with E-state index < -0.39 is 0 Å². The van der Waals surface area contributed by atoms with Crippen molar-refractivity contribution in [2.45, 2.75) is 12.3 Å². The SMILES string of the molecule is CCN(C=O)c1nc2cc(CBr)ccc2o1. The van der Waals surface area contributed by atoms with Crippen LogP contribution >= 0.6 is 15.9 Å². The quantitative estimate of drug-likeness (QED) is 0.640. The molecular formula is C11H11BrN2O2. The van der Waals surface area contributed by atoms with E-state index in [2.05, 4.69) is 20.9 Å². The molecule has 1 aromatic heterocycles. The van der Waals surface area contributed by atoms with Crippen LogP contribution in [0.1, 0.15) is 12.5 Å². The van der Waals surface area contributed by atoms with E-state index in [1.54, 1.807) is 0 Å². The zero-order chi connectivity index (χ0) is 11.5. The number of fused-ring (bicyclic) bond motifs is 1.